The molecule has 0 radical (unpaired) electrons. The summed E-state index contributed by atoms with van der Waals surface area (Å²) in [4.78, 5) is 0. The lowest BCUT2D eigenvalue weighted by molar-refractivity contribution is 0.214. The van der Waals surface area contributed by atoms with Gasteiger partial charge < -0.3 is 5.11 Å². The number of aliphatic hydroxyl groups is 1. The zero-order chi connectivity index (χ0) is 12.6. The predicted molar refractivity (Wildman–Crippen MR) is 67.2 cm³/mol. The van der Waals surface area contributed by atoms with Crippen LogP contribution in [-0.4, -0.2) is 5.11 Å². The molecule has 2 aromatic rings. The van der Waals surface area contributed by atoms with E-state index >= 15 is 0 Å². The molecule has 0 fully saturated rings. The molecule has 0 saturated heterocycles. The third-order valence-corrected chi connectivity index (χ3v) is 4.26. The van der Waals surface area contributed by atoms with E-state index in [0.29, 0.717) is 11.1 Å². The molecule has 0 saturated carbocycles. The van der Waals surface area contributed by atoms with Crippen LogP contribution in [0.15, 0.2) is 27.4 Å². The molecular weight excluding hydrogens is 310 g/mol. The van der Waals surface area contributed by atoms with Gasteiger partial charge in [-0.2, -0.15) is 11.3 Å². The van der Waals surface area contributed by atoms with Crippen molar-refractivity contribution in [1.29, 1.82) is 0 Å². The molecule has 5 heteroatoms. The fourth-order valence-corrected chi connectivity index (χ4v) is 3.08. The first-order chi connectivity index (χ1) is 8.00. The smallest absolute Gasteiger partial charge is 0.132 e. The minimum absolute atomic E-state index is 0.0861. The summed E-state index contributed by atoms with van der Waals surface area (Å²) in [5.74, 6) is -1.35. The predicted octanol–water partition coefficient (Wildman–Crippen LogP) is 4.18. The Morgan fingerprint density at radius 3 is 2.47 bits per heavy atom. The summed E-state index contributed by atoms with van der Waals surface area (Å²) >= 11 is 4.67. The van der Waals surface area contributed by atoms with E-state index in [0.717, 1.165) is 10.5 Å². The minimum atomic E-state index is -1.09. The standard InChI is InChI=1S/C12H9BrF2OS/c1-6-2-7(11(15)3-10(6)14)12(16)8-4-17-5-9(8)13/h2-5,12,16H,1H3. The van der Waals surface area contributed by atoms with Crippen molar-refractivity contribution >= 4 is 27.3 Å². The average molecular weight is 319 g/mol. The molecule has 0 aliphatic carbocycles. The molecule has 0 aliphatic rings. The van der Waals surface area contributed by atoms with Gasteiger partial charge in [-0.1, -0.05) is 0 Å². The van der Waals surface area contributed by atoms with Crippen LogP contribution in [0.4, 0.5) is 8.78 Å². The van der Waals surface area contributed by atoms with Crippen molar-refractivity contribution in [2.45, 2.75) is 13.0 Å². The van der Waals surface area contributed by atoms with Gasteiger partial charge in [0.25, 0.3) is 0 Å². The van der Waals surface area contributed by atoms with Gasteiger partial charge in [0.15, 0.2) is 0 Å². The third kappa shape index (κ3) is 2.41. The Morgan fingerprint density at radius 1 is 1.18 bits per heavy atom. The SMILES string of the molecule is Cc1cc(C(O)c2cscc2Br)c(F)cc1F. The maximum absolute atomic E-state index is 13.6. The number of benzene rings is 1. The van der Waals surface area contributed by atoms with Crippen molar-refractivity contribution in [3.63, 3.8) is 0 Å². The van der Waals surface area contributed by atoms with Gasteiger partial charge in [-0.25, -0.2) is 8.78 Å². The molecule has 1 N–H and O–H groups in total. The highest BCUT2D eigenvalue weighted by Gasteiger charge is 2.19. The second-order valence-corrected chi connectivity index (χ2v) is 5.30. The van der Waals surface area contributed by atoms with E-state index in [1.807, 2.05) is 0 Å². The van der Waals surface area contributed by atoms with E-state index in [9.17, 15) is 13.9 Å². The molecular formula is C12H9BrF2OS. The van der Waals surface area contributed by atoms with Gasteiger partial charge in [-0.05, 0) is 39.9 Å². The lowest BCUT2D eigenvalue weighted by atomic mass is 10.0. The average Bonchev–Trinajstić information content (AvgIpc) is 2.69. The first kappa shape index (κ1) is 12.7. The van der Waals surface area contributed by atoms with Crippen molar-refractivity contribution in [2.75, 3.05) is 0 Å². The molecule has 1 atom stereocenters. The molecule has 1 aromatic heterocycles. The van der Waals surface area contributed by atoms with Crippen LogP contribution in [0.1, 0.15) is 22.8 Å². The molecule has 0 spiro atoms. The van der Waals surface area contributed by atoms with E-state index in [2.05, 4.69) is 15.9 Å². The van der Waals surface area contributed by atoms with Gasteiger partial charge in [-0.15, -0.1) is 0 Å². The fourth-order valence-electron chi connectivity index (χ4n) is 1.54. The van der Waals surface area contributed by atoms with Crippen molar-refractivity contribution in [2.24, 2.45) is 0 Å². The molecule has 1 heterocycles. The normalized spacial score (nSPS) is 12.8. The Hall–Kier alpha value is -0.780. The summed E-state index contributed by atoms with van der Waals surface area (Å²) in [5, 5.41) is 13.6. The number of halogens is 3. The molecule has 17 heavy (non-hydrogen) atoms. The van der Waals surface area contributed by atoms with Crippen LogP contribution in [0.3, 0.4) is 0 Å². The minimum Gasteiger partial charge on any atom is -0.383 e. The summed E-state index contributed by atoms with van der Waals surface area (Å²) in [7, 11) is 0. The number of rotatable bonds is 2. The fraction of sp³-hybridized carbons (Fsp3) is 0.167. The van der Waals surface area contributed by atoms with E-state index in [4.69, 9.17) is 0 Å². The maximum Gasteiger partial charge on any atom is 0.132 e. The Kier molecular flexibility index (Phi) is 3.61. The summed E-state index contributed by atoms with van der Waals surface area (Å²) in [6.45, 7) is 1.54. The van der Waals surface area contributed by atoms with Crippen LogP contribution in [0, 0.1) is 18.6 Å². The molecule has 0 aliphatic heterocycles. The molecule has 2 rings (SSSR count). The molecule has 0 amide bonds. The highest BCUT2D eigenvalue weighted by molar-refractivity contribution is 9.10. The zero-order valence-corrected chi connectivity index (χ0v) is 11.3. The van der Waals surface area contributed by atoms with Crippen LogP contribution in [0.5, 0.6) is 0 Å². The highest BCUT2D eigenvalue weighted by atomic mass is 79.9. The van der Waals surface area contributed by atoms with E-state index in [1.54, 1.807) is 10.8 Å². The number of aliphatic hydroxyl groups excluding tert-OH is 1. The van der Waals surface area contributed by atoms with Crippen LogP contribution in [-0.2, 0) is 0 Å². The van der Waals surface area contributed by atoms with Crippen LogP contribution in [0.2, 0.25) is 0 Å². The monoisotopic (exact) mass is 318 g/mol. The van der Waals surface area contributed by atoms with Crippen molar-refractivity contribution in [3.05, 3.63) is 55.7 Å². The summed E-state index contributed by atoms with van der Waals surface area (Å²) < 4.78 is 27.4. The number of hydrogen-bond donors (Lipinski definition) is 1. The van der Waals surface area contributed by atoms with E-state index in [-0.39, 0.29) is 5.56 Å². The topological polar surface area (TPSA) is 20.2 Å². The van der Waals surface area contributed by atoms with Crippen molar-refractivity contribution < 1.29 is 13.9 Å². The van der Waals surface area contributed by atoms with Crippen LogP contribution < -0.4 is 0 Å². The largest absolute Gasteiger partial charge is 0.383 e. The van der Waals surface area contributed by atoms with Crippen molar-refractivity contribution in [3.8, 4) is 0 Å². The molecule has 1 nitrogen and oxygen atoms in total. The second-order valence-electron chi connectivity index (χ2n) is 3.70. The van der Waals surface area contributed by atoms with Gasteiger partial charge in [0.1, 0.15) is 17.7 Å². The van der Waals surface area contributed by atoms with Gasteiger partial charge in [0, 0.05) is 27.0 Å². The Morgan fingerprint density at radius 2 is 1.88 bits per heavy atom. The Balaban J connectivity index is 2.48. The Bertz CT molecular complexity index is 553. The summed E-state index contributed by atoms with van der Waals surface area (Å²) in [6.07, 6.45) is -1.09. The highest BCUT2D eigenvalue weighted by Crippen LogP contribution is 2.33. The van der Waals surface area contributed by atoms with Crippen LogP contribution >= 0.6 is 27.3 Å². The van der Waals surface area contributed by atoms with E-state index < -0.39 is 17.7 Å². The van der Waals surface area contributed by atoms with Gasteiger partial charge in [0.2, 0.25) is 0 Å². The molecule has 1 unspecified atom stereocenters. The molecule has 0 bridgehead atoms. The van der Waals surface area contributed by atoms with Gasteiger partial charge in [0.05, 0.1) is 0 Å². The van der Waals surface area contributed by atoms with Crippen molar-refractivity contribution in [1.82, 2.24) is 0 Å². The van der Waals surface area contributed by atoms with Gasteiger partial charge >= 0.3 is 0 Å². The maximum atomic E-state index is 13.6. The number of aryl methyl sites for hydroxylation is 1. The summed E-state index contributed by atoms with van der Waals surface area (Å²) in [5.41, 5.74) is 0.981. The molecule has 1 aromatic carbocycles. The zero-order valence-electron chi connectivity index (χ0n) is 8.88. The number of hydrogen-bond acceptors (Lipinski definition) is 2. The quantitative estimate of drug-likeness (QED) is 0.880. The third-order valence-electron chi connectivity index (χ3n) is 2.51. The Labute approximate surface area is 110 Å². The van der Waals surface area contributed by atoms with Gasteiger partial charge in [-0.3, -0.25) is 0 Å². The second kappa shape index (κ2) is 4.84. The lowest BCUT2D eigenvalue weighted by Gasteiger charge is -2.12. The van der Waals surface area contributed by atoms with Crippen LogP contribution in [0.25, 0.3) is 0 Å². The first-order valence-corrected chi connectivity index (χ1v) is 6.59. The first-order valence-electron chi connectivity index (χ1n) is 4.86. The number of thiophene rings is 1. The molecule has 90 valence electrons. The van der Waals surface area contributed by atoms with E-state index in [1.165, 1.54) is 24.3 Å². The summed E-state index contributed by atoms with van der Waals surface area (Å²) in [6, 6.07) is 2.13. The lowest BCUT2D eigenvalue weighted by Crippen LogP contribution is -2.03.